The van der Waals surface area contributed by atoms with Gasteiger partial charge in [0.2, 0.25) is 0 Å². The Morgan fingerprint density at radius 2 is 2.08 bits per heavy atom. The molecule has 4 nitrogen and oxygen atoms in total. The van der Waals surface area contributed by atoms with Crippen molar-refractivity contribution in [3.8, 4) is 0 Å². The van der Waals surface area contributed by atoms with E-state index in [2.05, 4.69) is 6.58 Å². The van der Waals surface area contributed by atoms with E-state index in [0.717, 1.165) is 0 Å². The molecule has 1 aliphatic carbocycles. The van der Waals surface area contributed by atoms with Gasteiger partial charge in [0.05, 0.1) is 0 Å². The number of nitrogens with zero attached hydrogens (tertiary/aromatic N) is 1. The van der Waals surface area contributed by atoms with Crippen LogP contribution in [0.25, 0.3) is 5.83 Å². The van der Waals surface area contributed by atoms with Crippen molar-refractivity contribution in [3.05, 3.63) is 41.5 Å². The van der Waals surface area contributed by atoms with Crippen LogP contribution in [0.3, 0.4) is 0 Å². The lowest BCUT2D eigenvalue weighted by molar-refractivity contribution is -0.155. The Balaban J connectivity index is 1.91. The van der Waals surface area contributed by atoms with Crippen LogP contribution in [0.4, 0.5) is 8.78 Å². The van der Waals surface area contributed by atoms with E-state index < -0.39 is 29.0 Å². The van der Waals surface area contributed by atoms with Crippen LogP contribution >= 0.6 is 0 Å². The van der Waals surface area contributed by atoms with Gasteiger partial charge in [0.25, 0.3) is 5.91 Å². The number of fused-ring (bicyclic) bond motifs is 2. The summed E-state index contributed by atoms with van der Waals surface area (Å²) in [7, 11) is 0. The lowest BCUT2D eigenvalue weighted by atomic mass is 9.85. The summed E-state index contributed by atoms with van der Waals surface area (Å²) >= 11 is 0. The highest BCUT2D eigenvalue weighted by atomic mass is 19.1. The molecule has 2 aliphatic rings. The summed E-state index contributed by atoms with van der Waals surface area (Å²) in [6, 6.07) is 4.42. The molecule has 0 radical (unpaired) electrons. The van der Waals surface area contributed by atoms with Gasteiger partial charge in [0.1, 0.15) is 24.1 Å². The maximum Gasteiger partial charge on any atom is 0.326 e. The van der Waals surface area contributed by atoms with Gasteiger partial charge in [-0.15, -0.1) is 0 Å². The molecule has 1 aromatic carbocycles. The minimum atomic E-state index is -1.12. The second kappa shape index (κ2) is 5.64. The number of carbonyl (C=O) groups is 2. The number of hydrogen-bond acceptors (Lipinski definition) is 3. The van der Waals surface area contributed by atoms with E-state index in [1.807, 2.05) is 0 Å². The fourth-order valence-electron chi connectivity index (χ4n) is 3.34. The molecule has 0 saturated heterocycles. The summed E-state index contributed by atoms with van der Waals surface area (Å²) in [4.78, 5) is 26.1. The summed E-state index contributed by atoms with van der Waals surface area (Å²) in [5.41, 5.74) is -0.479. The quantitative estimate of drug-likeness (QED) is 0.786. The maximum absolute atomic E-state index is 14.2. The van der Waals surface area contributed by atoms with Crippen molar-refractivity contribution in [3.63, 3.8) is 0 Å². The molecule has 1 fully saturated rings. The molecule has 1 unspecified atom stereocenters. The average molecular weight is 349 g/mol. The highest BCUT2D eigenvalue weighted by Crippen LogP contribution is 2.54. The first kappa shape index (κ1) is 17.6. The molecule has 3 rings (SSSR count). The number of alkyl halides is 1. The molecule has 1 aromatic rings. The molecule has 2 atom stereocenters. The smallest absolute Gasteiger partial charge is 0.326 e. The highest BCUT2D eigenvalue weighted by molar-refractivity contribution is 5.99. The molecule has 1 amide bonds. The summed E-state index contributed by atoms with van der Waals surface area (Å²) in [6.07, 6.45) is -0.871. The SMILES string of the molecule is C=C(F)c1ccc2c(c1)C1(C[C@@H]1F)CN(CC(=O)OC(C)(C)C)C2=O. The lowest BCUT2D eigenvalue weighted by Gasteiger charge is -2.34. The van der Waals surface area contributed by atoms with Gasteiger partial charge < -0.3 is 9.64 Å². The molecular formula is C19H21F2NO3. The van der Waals surface area contributed by atoms with Crippen molar-refractivity contribution < 1.29 is 23.1 Å². The van der Waals surface area contributed by atoms with E-state index in [1.54, 1.807) is 20.8 Å². The topological polar surface area (TPSA) is 46.6 Å². The van der Waals surface area contributed by atoms with Crippen LogP contribution in [-0.4, -0.2) is 41.6 Å². The van der Waals surface area contributed by atoms with Gasteiger partial charge in [0, 0.05) is 23.1 Å². The molecule has 0 bridgehead atoms. The Morgan fingerprint density at radius 3 is 2.60 bits per heavy atom. The van der Waals surface area contributed by atoms with E-state index in [4.69, 9.17) is 4.74 Å². The number of rotatable bonds is 3. The Labute approximate surface area is 145 Å². The average Bonchev–Trinajstić information content (AvgIpc) is 3.12. The van der Waals surface area contributed by atoms with Crippen molar-refractivity contribution >= 4 is 17.7 Å². The number of hydrogen-bond donors (Lipinski definition) is 0. The Bertz CT molecular complexity index is 768. The van der Waals surface area contributed by atoms with E-state index >= 15 is 0 Å². The number of amides is 1. The fraction of sp³-hybridized carbons (Fsp3) is 0.474. The van der Waals surface area contributed by atoms with Crippen molar-refractivity contribution in [2.45, 2.75) is 44.4 Å². The minimum Gasteiger partial charge on any atom is -0.459 e. The predicted octanol–water partition coefficient (Wildman–Crippen LogP) is 3.40. The van der Waals surface area contributed by atoms with Crippen LogP contribution in [0, 0.1) is 0 Å². The Kier molecular flexibility index (Phi) is 3.97. The molecule has 0 aromatic heterocycles. The van der Waals surface area contributed by atoms with Crippen LogP contribution in [0.5, 0.6) is 0 Å². The van der Waals surface area contributed by atoms with Crippen molar-refractivity contribution in [2.24, 2.45) is 0 Å². The Hall–Kier alpha value is -2.24. The van der Waals surface area contributed by atoms with Crippen molar-refractivity contribution in [1.29, 1.82) is 0 Å². The summed E-state index contributed by atoms with van der Waals surface area (Å²) in [5.74, 6) is -1.54. The molecule has 134 valence electrons. The van der Waals surface area contributed by atoms with Crippen LogP contribution < -0.4 is 0 Å². The number of ether oxygens (including phenoxy) is 1. The van der Waals surface area contributed by atoms with E-state index in [0.29, 0.717) is 11.1 Å². The second-order valence-electron chi connectivity index (χ2n) is 7.74. The molecule has 1 aliphatic heterocycles. The zero-order valence-electron chi connectivity index (χ0n) is 14.6. The van der Waals surface area contributed by atoms with Gasteiger partial charge in [0.15, 0.2) is 0 Å². The van der Waals surface area contributed by atoms with Crippen LogP contribution in [0.15, 0.2) is 24.8 Å². The molecule has 25 heavy (non-hydrogen) atoms. The molecule has 1 spiro atoms. The molecule has 0 N–H and O–H groups in total. The standard InChI is InChI=1S/C19H21F2NO3/c1-11(20)12-5-6-13-14(7-12)19(8-15(19)21)10-22(17(13)24)9-16(23)25-18(2,3)4/h5-7,15H,1,8-10H2,2-4H3/t15-,19?/m0/s1. The van der Waals surface area contributed by atoms with Gasteiger partial charge in [-0.05, 0) is 44.9 Å². The lowest BCUT2D eigenvalue weighted by Crippen LogP contribution is -2.47. The third-order valence-corrected chi connectivity index (χ3v) is 4.58. The number of halogens is 2. The molecular weight excluding hydrogens is 328 g/mol. The zero-order chi connectivity index (χ0) is 18.6. The van der Waals surface area contributed by atoms with Gasteiger partial charge in [-0.1, -0.05) is 12.6 Å². The maximum atomic E-state index is 14.2. The van der Waals surface area contributed by atoms with Crippen molar-refractivity contribution in [2.75, 3.05) is 13.1 Å². The normalized spacial score (nSPS) is 24.9. The first-order chi connectivity index (χ1) is 11.5. The molecule has 1 heterocycles. The van der Waals surface area contributed by atoms with Gasteiger partial charge >= 0.3 is 5.97 Å². The summed E-state index contributed by atoms with van der Waals surface area (Å²) in [5, 5.41) is 0. The van der Waals surface area contributed by atoms with Crippen LogP contribution in [0.2, 0.25) is 0 Å². The monoisotopic (exact) mass is 349 g/mol. The van der Waals surface area contributed by atoms with Gasteiger partial charge in [-0.3, -0.25) is 9.59 Å². The second-order valence-corrected chi connectivity index (χ2v) is 7.74. The van der Waals surface area contributed by atoms with E-state index in [9.17, 15) is 18.4 Å². The van der Waals surface area contributed by atoms with Crippen LogP contribution in [-0.2, 0) is 14.9 Å². The Morgan fingerprint density at radius 1 is 1.44 bits per heavy atom. The number of benzene rings is 1. The predicted molar refractivity (Wildman–Crippen MR) is 89.5 cm³/mol. The number of carbonyl (C=O) groups excluding carboxylic acids is 2. The van der Waals surface area contributed by atoms with E-state index in [1.165, 1.54) is 23.1 Å². The van der Waals surface area contributed by atoms with Gasteiger partial charge in [-0.25, -0.2) is 8.78 Å². The first-order valence-electron chi connectivity index (χ1n) is 8.18. The molecule has 1 saturated carbocycles. The summed E-state index contributed by atoms with van der Waals surface area (Å²) < 4.78 is 32.9. The van der Waals surface area contributed by atoms with Gasteiger partial charge in [-0.2, -0.15) is 0 Å². The largest absolute Gasteiger partial charge is 0.459 e. The third kappa shape index (κ3) is 3.17. The minimum absolute atomic E-state index is 0.0848. The highest BCUT2D eigenvalue weighted by Gasteiger charge is 2.61. The van der Waals surface area contributed by atoms with Crippen LogP contribution in [0.1, 0.15) is 48.7 Å². The zero-order valence-corrected chi connectivity index (χ0v) is 14.6. The number of esters is 1. The fourth-order valence-corrected chi connectivity index (χ4v) is 3.34. The third-order valence-electron chi connectivity index (χ3n) is 4.58. The first-order valence-corrected chi connectivity index (χ1v) is 8.18. The van der Waals surface area contributed by atoms with E-state index in [-0.39, 0.29) is 31.0 Å². The summed E-state index contributed by atoms with van der Waals surface area (Å²) in [6.45, 7) is 8.32. The van der Waals surface area contributed by atoms with Crippen molar-refractivity contribution in [1.82, 2.24) is 4.90 Å². The molecule has 6 heteroatoms.